The maximum atomic E-state index is 12.1. The lowest BCUT2D eigenvalue weighted by Crippen LogP contribution is -2.11. The summed E-state index contributed by atoms with van der Waals surface area (Å²) in [5, 5.41) is 11.9. The first-order valence-corrected chi connectivity index (χ1v) is 6.86. The molecule has 0 aliphatic rings. The standard InChI is InChI=1S/C15H14N2O2S/c1-10-5-6-12(8-11(10)2)14(19)17-15-16-9-13(20-15)4-3-7-18/h5-6,8-9,18H,7H2,1-2H3,(H,16,17,19). The number of benzene rings is 1. The summed E-state index contributed by atoms with van der Waals surface area (Å²) in [6.07, 6.45) is 1.57. The predicted octanol–water partition coefficient (Wildman–Crippen LogP) is 2.36. The topological polar surface area (TPSA) is 62.2 Å². The minimum atomic E-state index is -0.192. The van der Waals surface area contributed by atoms with E-state index in [2.05, 4.69) is 22.1 Å². The average molecular weight is 286 g/mol. The van der Waals surface area contributed by atoms with E-state index >= 15 is 0 Å². The lowest BCUT2D eigenvalue weighted by Gasteiger charge is -2.04. The molecule has 2 rings (SSSR count). The molecule has 0 unspecified atom stereocenters. The number of nitrogens with zero attached hydrogens (tertiary/aromatic N) is 1. The fourth-order valence-corrected chi connectivity index (χ4v) is 2.25. The average Bonchev–Trinajstić information content (AvgIpc) is 2.87. The molecule has 0 aliphatic carbocycles. The van der Waals surface area contributed by atoms with Crippen molar-refractivity contribution in [1.82, 2.24) is 4.98 Å². The smallest absolute Gasteiger partial charge is 0.257 e. The van der Waals surface area contributed by atoms with Gasteiger partial charge in [0.15, 0.2) is 5.13 Å². The molecule has 0 spiro atoms. The molecule has 0 radical (unpaired) electrons. The van der Waals surface area contributed by atoms with Gasteiger partial charge in [0.1, 0.15) is 6.61 Å². The number of carbonyl (C=O) groups excluding carboxylic acids is 1. The van der Waals surface area contributed by atoms with Crippen molar-refractivity contribution in [3.8, 4) is 11.8 Å². The minimum Gasteiger partial charge on any atom is -0.384 e. The van der Waals surface area contributed by atoms with Gasteiger partial charge in [-0.15, -0.1) is 0 Å². The van der Waals surface area contributed by atoms with Crippen LogP contribution >= 0.6 is 11.3 Å². The second-order valence-corrected chi connectivity index (χ2v) is 5.27. The molecule has 0 atom stereocenters. The van der Waals surface area contributed by atoms with Gasteiger partial charge in [0.2, 0.25) is 0 Å². The summed E-state index contributed by atoms with van der Waals surface area (Å²) in [5.74, 6) is 5.10. The highest BCUT2D eigenvalue weighted by atomic mass is 32.1. The molecule has 20 heavy (non-hydrogen) atoms. The minimum absolute atomic E-state index is 0.191. The van der Waals surface area contributed by atoms with Crippen LogP contribution in [0.25, 0.3) is 0 Å². The summed E-state index contributed by atoms with van der Waals surface area (Å²) >= 11 is 1.28. The number of anilines is 1. The Kier molecular flexibility index (Phi) is 4.51. The number of thiazole rings is 1. The van der Waals surface area contributed by atoms with Crippen LogP contribution in [0, 0.1) is 25.7 Å². The Morgan fingerprint density at radius 3 is 2.90 bits per heavy atom. The molecule has 0 aliphatic heterocycles. The number of hydrogen-bond donors (Lipinski definition) is 2. The van der Waals surface area contributed by atoms with Gasteiger partial charge in [0.05, 0.1) is 11.1 Å². The Morgan fingerprint density at radius 1 is 1.40 bits per heavy atom. The number of amides is 1. The third kappa shape index (κ3) is 3.44. The van der Waals surface area contributed by atoms with Gasteiger partial charge in [-0.2, -0.15) is 0 Å². The van der Waals surface area contributed by atoms with Crippen molar-refractivity contribution in [3.05, 3.63) is 46.0 Å². The molecule has 0 fully saturated rings. The second kappa shape index (κ2) is 6.33. The highest BCUT2D eigenvalue weighted by Gasteiger charge is 2.09. The molecule has 2 aromatic rings. The van der Waals surface area contributed by atoms with E-state index in [9.17, 15) is 4.79 Å². The molecule has 1 aromatic heterocycles. The van der Waals surface area contributed by atoms with E-state index in [1.807, 2.05) is 26.0 Å². The normalized spacial score (nSPS) is 9.75. The maximum Gasteiger partial charge on any atom is 0.257 e. The molecular weight excluding hydrogens is 272 g/mol. The van der Waals surface area contributed by atoms with Crippen LogP contribution in [0.4, 0.5) is 5.13 Å². The summed E-state index contributed by atoms with van der Waals surface area (Å²) in [6.45, 7) is 3.78. The van der Waals surface area contributed by atoms with E-state index in [1.165, 1.54) is 11.3 Å². The largest absolute Gasteiger partial charge is 0.384 e. The van der Waals surface area contributed by atoms with Crippen LogP contribution in [-0.2, 0) is 0 Å². The molecule has 102 valence electrons. The molecule has 0 saturated carbocycles. The molecule has 1 heterocycles. The van der Waals surface area contributed by atoms with Gasteiger partial charge in [-0.1, -0.05) is 29.2 Å². The number of aliphatic hydroxyl groups is 1. The van der Waals surface area contributed by atoms with Gasteiger partial charge in [-0.25, -0.2) is 4.98 Å². The first-order chi connectivity index (χ1) is 9.60. The van der Waals surface area contributed by atoms with Crippen molar-refractivity contribution in [1.29, 1.82) is 0 Å². The van der Waals surface area contributed by atoms with Gasteiger partial charge in [0.25, 0.3) is 5.91 Å². The van der Waals surface area contributed by atoms with Crippen molar-refractivity contribution in [3.63, 3.8) is 0 Å². The number of rotatable bonds is 2. The maximum absolute atomic E-state index is 12.1. The number of carbonyl (C=O) groups is 1. The van der Waals surface area contributed by atoms with Crippen LogP contribution in [0.5, 0.6) is 0 Å². The zero-order valence-corrected chi connectivity index (χ0v) is 12.0. The van der Waals surface area contributed by atoms with E-state index in [0.717, 1.165) is 11.1 Å². The first-order valence-electron chi connectivity index (χ1n) is 6.04. The van der Waals surface area contributed by atoms with Gasteiger partial charge in [-0.3, -0.25) is 10.1 Å². The van der Waals surface area contributed by atoms with Crippen LogP contribution in [0.2, 0.25) is 0 Å². The van der Waals surface area contributed by atoms with Gasteiger partial charge < -0.3 is 5.11 Å². The highest BCUT2D eigenvalue weighted by molar-refractivity contribution is 7.16. The SMILES string of the molecule is Cc1ccc(C(=O)Nc2ncc(C#CCO)s2)cc1C. The van der Waals surface area contributed by atoms with E-state index in [1.54, 1.807) is 12.3 Å². The van der Waals surface area contributed by atoms with Crippen molar-refractivity contribution in [2.75, 3.05) is 11.9 Å². The van der Waals surface area contributed by atoms with Crippen molar-refractivity contribution in [2.24, 2.45) is 0 Å². The Morgan fingerprint density at radius 2 is 2.20 bits per heavy atom. The summed E-state index contributed by atoms with van der Waals surface area (Å²) in [6, 6.07) is 5.56. The lowest BCUT2D eigenvalue weighted by atomic mass is 10.1. The second-order valence-electron chi connectivity index (χ2n) is 4.24. The Hall–Kier alpha value is -2.16. The fraction of sp³-hybridized carbons (Fsp3) is 0.200. The third-order valence-corrected chi connectivity index (χ3v) is 3.61. The van der Waals surface area contributed by atoms with E-state index in [4.69, 9.17) is 5.11 Å². The lowest BCUT2D eigenvalue weighted by molar-refractivity contribution is 0.102. The molecule has 4 nitrogen and oxygen atoms in total. The summed E-state index contributed by atoms with van der Waals surface area (Å²) in [7, 11) is 0. The van der Waals surface area contributed by atoms with Crippen molar-refractivity contribution in [2.45, 2.75) is 13.8 Å². The summed E-state index contributed by atoms with van der Waals surface area (Å²) < 4.78 is 0. The molecule has 2 N–H and O–H groups in total. The van der Waals surface area contributed by atoms with Crippen LogP contribution < -0.4 is 5.32 Å². The number of aromatic nitrogens is 1. The highest BCUT2D eigenvalue weighted by Crippen LogP contribution is 2.18. The van der Waals surface area contributed by atoms with Crippen molar-refractivity contribution >= 4 is 22.4 Å². The van der Waals surface area contributed by atoms with Crippen LogP contribution in [0.15, 0.2) is 24.4 Å². The third-order valence-electron chi connectivity index (χ3n) is 2.79. The zero-order chi connectivity index (χ0) is 14.5. The van der Waals surface area contributed by atoms with Crippen LogP contribution in [-0.4, -0.2) is 22.6 Å². The molecule has 1 amide bonds. The Bertz CT molecular complexity index is 695. The number of hydrogen-bond acceptors (Lipinski definition) is 4. The monoisotopic (exact) mass is 286 g/mol. The quantitative estimate of drug-likeness (QED) is 0.833. The predicted molar refractivity (Wildman–Crippen MR) is 79.9 cm³/mol. The molecule has 0 saturated heterocycles. The number of nitrogens with one attached hydrogen (secondary N) is 1. The van der Waals surface area contributed by atoms with E-state index in [0.29, 0.717) is 15.6 Å². The number of aryl methyl sites for hydroxylation is 2. The molecule has 1 aromatic carbocycles. The first kappa shape index (κ1) is 14.3. The molecular formula is C15H14N2O2S. The van der Waals surface area contributed by atoms with Crippen LogP contribution in [0.1, 0.15) is 26.4 Å². The Balaban J connectivity index is 2.11. The van der Waals surface area contributed by atoms with E-state index in [-0.39, 0.29) is 12.5 Å². The van der Waals surface area contributed by atoms with Gasteiger partial charge in [0, 0.05) is 5.56 Å². The van der Waals surface area contributed by atoms with Crippen LogP contribution in [0.3, 0.4) is 0 Å². The molecule has 0 bridgehead atoms. The summed E-state index contributed by atoms with van der Waals surface area (Å²) in [4.78, 5) is 16.9. The molecule has 5 heteroatoms. The zero-order valence-electron chi connectivity index (χ0n) is 11.2. The summed E-state index contributed by atoms with van der Waals surface area (Å²) in [5.41, 5.74) is 2.83. The van der Waals surface area contributed by atoms with Gasteiger partial charge in [-0.05, 0) is 37.1 Å². The Labute approximate surface area is 121 Å². The van der Waals surface area contributed by atoms with Crippen molar-refractivity contribution < 1.29 is 9.90 Å². The number of aliphatic hydroxyl groups excluding tert-OH is 1. The van der Waals surface area contributed by atoms with E-state index < -0.39 is 0 Å². The fourth-order valence-electron chi connectivity index (χ4n) is 1.57. The van der Waals surface area contributed by atoms with Gasteiger partial charge >= 0.3 is 0 Å².